The van der Waals surface area contributed by atoms with Crippen LogP contribution in [-0.4, -0.2) is 14.5 Å². The highest BCUT2D eigenvalue weighted by atomic mass is 79.9. The first-order valence-electron chi connectivity index (χ1n) is 5.23. The molecule has 9 heteroatoms. The molecule has 1 aromatic heterocycles. The number of aromatic nitrogens is 2. The second-order valence-electron chi connectivity index (χ2n) is 3.82. The van der Waals surface area contributed by atoms with E-state index in [1.54, 1.807) is 6.07 Å². The molecular weight excluding hydrogens is 373 g/mol. The van der Waals surface area contributed by atoms with Gasteiger partial charge in [0.25, 0.3) is 11.2 Å². The predicted octanol–water partition coefficient (Wildman–Crippen LogP) is 3.27. The molecule has 1 aromatic carbocycles. The number of nitro benzene ring substituents is 1. The largest absolute Gasteiger partial charge is 0.293 e. The molecule has 0 atom stereocenters. The Kier molecular flexibility index (Phi) is 4.42. The van der Waals surface area contributed by atoms with Gasteiger partial charge in [-0.05, 0) is 11.6 Å². The summed E-state index contributed by atoms with van der Waals surface area (Å²) in [6.45, 7) is 0.168. The van der Waals surface area contributed by atoms with Crippen molar-refractivity contribution in [3.8, 4) is 0 Å². The molecule has 104 valence electrons. The van der Waals surface area contributed by atoms with Crippen LogP contribution in [0.2, 0.25) is 10.2 Å². The molecule has 0 N–H and O–H groups in total. The minimum Gasteiger partial charge on any atom is -0.293 e. The average Bonchev–Trinajstić information content (AvgIpc) is 2.41. The molecular formula is C11H6BrCl2N3O3. The topological polar surface area (TPSA) is 78.0 Å². The van der Waals surface area contributed by atoms with Crippen LogP contribution in [0, 0.1) is 10.1 Å². The number of hydrogen-bond acceptors (Lipinski definition) is 4. The highest BCUT2D eigenvalue weighted by Crippen LogP contribution is 2.23. The first-order chi connectivity index (χ1) is 9.40. The number of hydrogen-bond donors (Lipinski definition) is 0. The summed E-state index contributed by atoms with van der Waals surface area (Å²) < 4.78 is 1.78. The second kappa shape index (κ2) is 5.90. The van der Waals surface area contributed by atoms with Crippen LogP contribution in [-0.2, 0) is 6.54 Å². The molecule has 0 amide bonds. The smallest absolute Gasteiger partial charge is 0.273 e. The van der Waals surface area contributed by atoms with Gasteiger partial charge in [-0.3, -0.25) is 19.5 Å². The van der Waals surface area contributed by atoms with Gasteiger partial charge < -0.3 is 0 Å². The van der Waals surface area contributed by atoms with Crippen molar-refractivity contribution in [3.05, 3.63) is 65.2 Å². The van der Waals surface area contributed by atoms with Crippen LogP contribution in [0.15, 0.2) is 33.8 Å². The number of nitrogens with zero attached hydrogens (tertiary/aromatic N) is 3. The van der Waals surface area contributed by atoms with Crippen molar-refractivity contribution >= 4 is 44.8 Å². The first kappa shape index (κ1) is 15.0. The fraction of sp³-hybridized carbons (Fsp3) is 0.0909. The number of nitro groups is 1. The maximum absolute atomic E-state index is 11.9. The Hall–Kier alpha value is -1.44. The molecule has 20 heavy (non-hydrogen) atoms. The monoisotopic (exact) mass is 377 g/mol. The molecule has 0 fully saturated rings. The SMILES string of the molecule is O=c1c(Cl)c(Cl)ncn1Cc1ccc([N+](=O)[O-])cc1Br. The van der Waals surface area contributed by atoms with Gasteiger partial charge >= 0.3 is 0 Å². The van der Waals surface area contributed by atoms with Crippen LogP contribution in [0.4, 0.5) is 5.69 Å². The summed E-state index contributed by atoms with van der Waals surface area (Å²) in [6, 6.07) is 4.28. The van der Waals surface area contributed by atoms with Crippen molar-refractivity contribution in [3.63, 3.8) is 0 Å². The minimum absolute atomic E-state index is 0.0414. The van der Waals surface area contributed by atoms with Gasteiger partial charge in [-0.2, -0.15) is 0 Å². The Bertz CT molecular complexity index is 748. The summed E-state index contributed by atoms with van der Waals surface area (Å²) in [5.74, 6) is 0. The fourth-order valence-electron chi connectivity index (χ4n) is 1.52. The molecule has 0 aliphatic carbocycles. The van der Waals surface area contributed by atoms with E-state index >= 15 is 0 Å². The minimum atomic E-state index is -0.499. The normalized spacial score (nSPS) is 10.6. The molecule has 0 aliphatic rings. The Balaban J connectivity index is 2.38. The Labute approximate surface area is 131 Å². The number of non-ortho nitro benzene ring substituents is 1. The van der Waals surface area contributed by atoms with Crippen molar-refractivity contribution in [1.29, 1.82) is 0 Å². The van der Waals surface area contributed by atoms with Gasteiger partial charge in [0.2, 0.25) is 0 Å². The molecule has 0 saturated heterocycles. The third kappa shape index (κ3) is 3.00. The van der Waals surface area contributed by atoms with E-state index in [1.807, 2.05) is 0 Å². The van der Waals surface area contributed by atoms with E-state index in [4.69, 9.17) is 23.2 Å². The third-order valence-electron chi connectivity index (χ3n) is 2.53. The molecule has 0 radical (unpaired) electrons. The van der Waals surface area contributed by atoms with Crippen molar-refractivity contribution < 1.29 is 4.92 Å². The maximum Gasteiger partial charge on any atom is 0.273 e. The van der Waals surface area contributed by atoms with E-state index in [0.717, 1.165) is 0 Å². The highest BCUT2D eigenvalue weighted by Gasteiger charge is 2.12. The maximum atomic E-state index is 11.9. The fourth-order valence-corrected chi connectivity index (χ4v) is 2.29. The van der Waals surface area contributed by atoms with Crippen LogP contribution in [0.1, 0.15) is 5.56 Å². The zero-order chi connectivity index (χ0) is 14.9. The Morgan fingerprint density at radius 3 is 2.70 bits per heavy atom. The van der Waals surface area contributed by atoms with Crippen LogP contribution in [0.3, 0.4) is 0 Å². The Morgan fingerprint density at radius 2 is 2.10 bits per heavy atom. The van der Waals surface area contributed by atoms with E-state index in [-0.39, 0.29) is 22.4 Å². The molecule has 0 aliphatic heterocycles. The van der Waals surface area contributed by atoms with Gasteiger partial charge in [0.05, 0.1) is 17.8 Å². The molecule has 0 spiro atoms. The molecule has 1 heterocycles. The summed E-state index contributed by atoms with van der Waals surface area (Å²) in [7, 11) is 0. The second-order valence-corrected chi connectivity index (χ2v) is 5.41. The average molecular weight is 379 g/mol. The third-order valence-corrected chi connectivity index (χ3v) is 3.99. The predicted molar refractivity (Wildman–Crippen MR) is 78.4 cm³/mol. The lowest BCUT2D eigenvalue weighted by molar-refractivity contribution is -0.384. The van der Waals surface area contributed by atoms with Gasteiger partial charge in [0.15, 0.2) is 5.15 Å². The van der Waals surface area contributed by atoms with Crippen molar-refractivity contribution in [1.82, 2.24) is 9.55 Å². The van der Waals surface area contributed by atoms with E-state index in [9.17, 15) is 14.9 Å². The molecule has 2 rings (SSSR count). The quantitative estimate of drug-likeness (QED) is 0.466. The Morgan fingerprint density at radius 1 is 1.40 bits per heavy atom. The molecule has 6 nitrogen and oxygen atoms in total. The number of rotatable bonds is 3. The van der Waals surface area contributed by atoms with Crippen molar-refractivity contribution in [2.24, 2.45) is 0 Å². The van der Waals surface area contributed by atoms with Crippen LogP contribution in [0.5, 0.6) is 0 Å². The van der Waals surface area contributed by atoms with E-state index in [0.29, 0.717) is 10.0 Å². The standard InChI is InChI=1S/C11H6BrCl2N3O3/c12-8-3-7(17(19)20)2-1-6(8)4-16-5-15-10(14)9(13)11(16)18/h1-3,5H,4H2. The van der Waals surface area contributed by atoms with Crippen LogP contribution < -0.4 is 5.56 Å². The van der Waals surface area contributed by atoms with Gasteiger partial charge in [-0.15, -0.1) is 0 Å². The van der Waals surface area contributed by atoms with Gasteiger partial charge in [0.1, 0.15) is 5.02 Å². The first-order valence-corrected chi connectivity index (χ1v) is 6.78. The lowest BCUT2D eigenvalue weighted by Crippen LogP contribution is -2.21. The molecule has 0 bridgehead atoms. The van der Waals surface area contributed by atoms with Gasteiger partial charge in [-0.1, -0.05) is 39.1 Å². The van der Waals surface area contributed by atoms with Gasteiger partial charge in [-0.25, -0.2) is 4.98 Å². The summed E-state index contributed by atoms with van der Waals surface area (Å²) in [4.78, 5) is 25.8. The number of halogens is 3. The summed E-state index contributed by atoms with van der Waals surface area (Å²) in [6.07, 6.45) is 1.27. The summed E-state index contributed by atoms with van der Waals surface area (Å²) in [5.41, 5.74) is 0.162. The van der Waals surface area contributed by atoms with Gasteiger partial charge in [0, 0.05) is 16.6 Å². The zero-order valence-corrected chi connectivity index (χ0v) is 12.8. The molecule has 0 saturated carbocycles. The van der Waals surface area contributed by atoms with E-state index in [2.05, 4.69) is 20.9 Å². The summed E-state index contributed by atoms with van der Waals surface area (Å²) in [5, 5.41) is 10.4. The molecule has 2 aromatic rings. The van der Waals surface area contributed by atoms with E-state index < -0.39 is 10.5 Å². The lowest BCUT2D eigenvalue weighted by Gasteiger charge is -2.08. The van der Waals surface area contributed by atoms with Crippen molar-refractivity contribution in [2.45, 2.75) is 6.54 Å². The van der Waals surface area contributed by atoms with E-state index in [1.165, 1.54) is 23.0 Å². The lowest BCUT2D eigenvalue weighted by atomic mass is 10.2. The zero-order valence-electron chi connectivity index (χ0n) is 9.72. The number of benzene rings is 1. The van der Waals surface area contributed by atoms with Crippen LogP contribution in [0.25, 0.3) is 0 Å². The van der Waals surface area contributed by atoms with Crippen molar-refractivity contribution in [2.75, 3.05) is 0 Å². The highest BCUT2D eigenvalue weighted by molar-refractivity contribution is 9.10. The van der Waals surface area contributed by atoms with Crippen LogP contribution >= 0.6 is 39.1 Å². The molecule has 0 unspecified atom stereocenters. The summed E-state index contributed by atoms with van der Waals surface area (Å²) >= 11 is 14.6.